The average molecular weight is 379 g/mol. The van der Waals surface area contributed by atoms with Crippen LogP contribution in [0.2, 0.25) is 0 Å². The quantitative estimate of drug-likeness (QED) is 0.724. The van der Waals surface area contributed by atoms with E-state index in [4.69, 9.17) is 0 Å². The number of hydrogen-bond acceptors (Lipinski definition) is 5. The van der Waals surface area contributed by atoms with E-state index in [1.54, 1.807) is 11.0 Å². The van der Waals surface area contributed by atoms with Gasteiger partial charge < -0.3 is 10.2 Å². The molecular formula is C22H30N6. The molecule has 0 saturated carbocycles. The van der Waals surface area contributed by atoms with E-state index in [-0.39, 0.29) is 1.43 Å². The Morgan fingerprint density at radius 2 is 1.71 bits per heavy atom. The van der Waals surface area contributed by atoms with Gasteiger partial charge in [-0.25, -0.2) is 4.68 Å². The summed E-state index contributed by atoms with van der Waals surface area (Å²) in [6.45, 7) is 11.0. The lowest BCUT2D eigenvalue weighted by molar-refractivity contribution is 0.209. The van der Waals surface area contributed by atoms with Crippen molar-refractivity contribution in [3.05, 3.63) is 60.4 Å². The molecule has 0 spiro atoms. The molecule has 0 radical (unpaired) electrons. The fourth-order valence-corrected chi connectivity index (χ4v) is 3.67. The largest absolute Gasteiger partial charge is 0.369 e. The van der Waals surface area contributed by atoms with Crippen molar-refractivity contribution < 1.29 is 1.43 Å². The number of piperazine rings is 1. The van der Waals surface area contributed by atoms with Crippen LogP contribution in [0.5, 0.6) is 0 Å². The number of nitrogens with one attached hydrogen (secondary N) is 1. The fraction of sp³-hybridized carbons (Fsp3) is 0.364. The molecule has 0 atom stereocenters. The molecule has 0 aliphatic carbocycles. The van der Waals surface area contributed by atoms with Crippen molar-refractivity contribution >= 4 is 17.3 Å². The van der Waals surface area contributed by atoms with E-state index >= 15 is 0 Å². The van der Waals surface area contributed by atoms with E-state index in [2.05, 4.69) is 64.2 Å². The van der Waals surface area contributed by atoms with Crippen LogP contribution in [-0.4, -0.2) is 51.9 Å². The van der Waals surface area contributed by atoms with Gasteiger partial charge in [0.15, 0.2) is 0 Å². The van der Waals surface area contributed by atoms with Crippen molar-refractivity contribution in [2.24, 2.45) is 0 Å². The zero-order valence-corrected chi connectivity index (χ0v) is 16.8. The van der Waals surface area contributed by atoms with Gasteiger partial charge in [-0.3, -0.25) is 4.90 Å². The van der Waals surface area contributed by atoms with E-state index in [9.17, 15) is 0 Å². The summed E-state index contributed by atoms with van der Waals surface area (Å²) in [6.07, 6.45) is 1.74. The summed E-state index contributed by atoms with van der Waals surface area (Å²) in [5, 5.41) is 7.91. The van der Waals surface area contributed by atoms with Crippen LogP contribution in [0.15, 0.2) is 54.9 Å². The van der Waals surface area contributed by atoms with Gasteiger partial charge in [0.25, 0.3) is 0 Å². The van der Waals surface area contributed by atoms with Crippen LogP contribution in [0.1, 0.15) is 20.8 Å². The molecule has 3 aromatic rings. The van der Waals surface area contributed by atoms with Crippen LogP contribution >= 0.6 is 0 Å². The fourth-order valence-electron chi connectivity index (χ4n) is 3.67. The van der Waals surface area contributed by atoms with Gasteiger partial charge in [0.1, 0.15) is 6.33 Å². The lowest BCUT2D eigenvalue weighted by Crippen LogP contribution is -2.48. The highest BCUT2D eigenvalue weighted by atomic mass is 15.4. The number of anilines is 3. The van der Waals surface area contributed by atoms with E-state index < -0.39 is 0 Å². The second-order valence-corrected chi connectivity index (χ2v) is 7.65. The van der Waals surface area contributed by atoms with Crippen LogP contribution in [-0.2, 0) is 0 Å². The maximum Gasteiger partial charge on any atom is 0.246 e. The van der Waals surface area contributed by atoms with Gasteiger partial charge in [-0.1, -0.05) is 18.2 Å². The minimum Gasteiger partial charge on any atom is -0.369 e. The van der Waals surface area contributed by atoms with Crippen molar-refractivity contribution in [1.82, 2.24) is 19.7 Å². The minimum atomic E-state index is 0. The SMILES string of the molecule is Cc1cc(Nc2ncn(-c3ccccc3)n2)cc(N2CCN(C(C)C)CC2)c1.[HH]. The molecule has 2 heterocycles. The third-order valence-corrected chi connectivity index (χ3v) is 5.24. The lowest BCUT2D eigenvalue weighted by atomic mass is 10.1. The Bertz CT molecular complexity index is 916. The predicted octanol–water partition coefficient (Wildman–Crippen LogP) is 4.10. The second-order valence-electron chi connectivity index (χ2n) is 7.65. The summed E-state index contributed by atoms with van der Waals surface area (Å²) in [7, 11) is 0. The maximum absolute atomic E-state index is 4.55. The smallest absolute Gasteiger partial charge is 0.246 e. The van der Waals surface area contributed by atoms with E-state index in [1.807, 2.05) is 30.3 Å². The molecule has 1 aliphatic heterocycles. The number of benzene rings is 2. The van der Waals surface area contributed by atoms with Crippen molar-refractivity contribution in [1.29, 1.82) is 0 Å². The molecule has 4 rings (SSSR count). The predicted molar refractivity (Wildman–Crippen MR) is 117 cm³/mol. The zero-order chi connectivity index (χ0) is 19.5. The summed E-state index contributed by atoms with van der Waals surface area (Å²) >= 11 is 0. The van der Waals surface area contributed by atoms with Crippen molar-refractivity contribution in [2.75, 3.05) is 36.4 Å². The third-order valence-electron chi connectivity index (χ3n) is 5.24. The molecule has 1 aromatic heterocycles. The topological polar surface area (TPSA) is 49.2 Å². The molecule has 1 aliphatic rings. The molecule has 1 N–H and O–H groups in total. The highest BCUT2D eigenvalue weighted by molar-refractivity contribution is 5.64. The molecule has 0 bridgehead atoms. The van der Waals surface area contributed by atoms with Crippen molar-refractivity contribution in [2.45, 2.75) is 26.8 Å². The summed E-state index contributed by atoms with van der Waals surface area (Å²) < 4.78 is 1.78. The highest BCUT2D eigenvalue weighted by Gasteiger charge is 2.19. The van der Waals surface area contributed by atoms with E-state index in [0.717, 1.165) is 37.6 Å². The molecule has 148 valence electrons. The number of aromatic nitrogens is 3. The van der Waals surface area contributed by atoms with Crippen LogP contribution in [0.25, 0.3) is 5.69 Å². The Hall–Kier alpha value is -2.86. The summed E-state index contributed by atoms with van der Waals surface area (Å²) in [6, 6.07) is 17.2. The molecule has 1 fully saturated rings. The Morgan fingerprint density at radius 3 is 2.43 bits per heavy atom. The molecule has 6 nitrogen and oxygen atoms in total. The first-order chi connectivity index (χ1) is 13.6. The molecule has 6 heteroatoms. The number of nitrogens with zero attached hydrogens (tertiary/aromatic N) is 5. The number of aryl methyl sites for hydroxylation is 1. The Morgan fingerprint density at radius 1 is 0.964 bits per heavy atom. The van der Waals surface area contributed by atoms with Crippen LogP contribution in [0.3, 0.4) is 0 Å². The number of para-hydroxylation sites is 1. The van der Waals surface area contributed by atoms with Gasteiger partial charge in [0, 0.05) is 45.0 Å². The average Bonchev–Trinajstić information content (AvgIpc) is 3.17. The Balaban J connectivity index is 0.00000240. The van der Waals surface area contributed by atoms with Crippen LogP contribution < -0.4 is 10.2 Å². The normalized spacial score (nSPS) is 15.2. The van der Waals surface area contributed by atoms with Gasteiger partial charge in [-0.15, -0.1) is 5.10 Å². The van der Waals surface area contributed by atoms with E-state index in [1.165, 1.54) is 11.3 Å². The summed E-state index contributed by atoms with van der Waals surface area (Å²) in [5.41, 5.74) is 4.50. The number of hydrogen-bond donors (Lipinski definition) is 1. The Kier molecular flexibility index (Phi) is 5.30. The minimum absolute atomic E-state index is 0. The second kappa shape index (κ2) is 8.02. The molecule has 2 aromatic carbocycles. The molecule has 0 amide bonds. The maximum atomic E-state index is 4.55. The third kappa shape index (κ3) is 4.17. The molecular weight excluding hydrogens is 348 g/mol. The highest BCUT2D eigenvalue weighted by Crippen LogP contribution is 2.25. The Labute approximate surface area is 168 Å². The van der Waals surface area contributed by atoms with E-state index in [0.29, 0.717) is 12.0 Å². The van der Waals surface area contributed by atoms with Gasteiger partial charge in [0.05, 0.1) is 5.69 Å². The van der Waals surface area contributed by atoms with Gasteiger partial charge in [-0.2, -0.15) is 4.98 Å². The summed E-state index contributed by atoms with van der Waals surface area (Å²) in [5.74, 6) is 0.602. The standard InChI is InChI=1S/C22H28N6.H2/c1-17(2)26-9-11-27(12-10-26)21-14-18(3)13-19(15-21)24-22-23-16-28(25-22)20-7-5-4-6-8-20;/h4-8,13-17H,9-12H2,1-3H3,(H,24,25);1H. The van der Waals surface area contributed by atoms with Crippen molar-refractivity contribution in [3.8, 4) is 5.69 Å². The molecule has 1 saturated heterocycles. The first-order valence-corrected chi connectivity index (χ1v) is 9.93. The first kappa shape index (κ1) is 18.5. The van der Waals surface area contributed by atoms with Crippen LogP contribution in [0, 0.1) is 6.92 Å². The first-order valence-electron chi connectivity index (χ1n) is 9.93. The molecule has 28 heavy (non-hydrogen) atoms. The van der Waals surface area contributed by atoms with Gasteiger partial charge in [-0.05, 0) is 56.7 Å². The van der Waals surface area contributed by atoms with Crippen LogP contribution in [0.4, 0.5) is 17.3 Å². The number of rotatable bonds is 5. The lowest BCUT2D eigenvalue weighted by Gasteiger charge is -2.38. The van der Waals surface area contributed by atoms with Gasteiger partial charge in [0.2, 0.25) is 5.95 Å². The van der Waals surface area contributed by atoms with Gasteiger partial charge >= 0.3 is 0 Å². The molecule has 0 unspecified atom stereocenters. The summed E-state index contributed by atoms with van der Waals surface area (Å²) in [4.78, 5) is 9.41. The zero-order valence-electron chi connectivity index (χ0n) is 16.8. The van der Waals surface area contributed by atoms with Crippen molar-refractivity contribution in [3.63, 3.8) is 0 Å². The monoisotopic (exact) mass is 378 g/mol.